The van der Waals surface area contributed by atoms with Gasteiger partial charge in [-0.2, -0.15) is 0 Å². The van der Waals surface area contributed by atoms with Crippen molar-refractivity contribution in [2.45, 2.75) is 38.6 Å². The third-order valence-electron chi connectivity index (χ3n) is 4.94. The first-order chi connectivity index (χ1) is 13.1. The molecule has 1 aliphatic carbocycles. The quantitative estimate of drug-likeness (QED) is 0.386. The van der Waals surface area contributed by atoms with Gasteiger partial charge in [0.15, 0.2) is 0 Å². The van der Waals surface area contributed by atoms with Gasteiger partial charge >= 0.3 is 0 Å². The Morgan fingerprint density at radius 3 is 2.81 bits per heavy atom. The molecule has 0 saturated heterocycles. The highest BCUT2D eigenvalue weighted by Crippen LogP contribution is 2.32. The largest absolute Gasteiger partial charge is 0.472 e. The van der Waals surface area contributed by atoms with E-state index in [1.807, 2.05) is 0 Å². The fraction of sp³-hybridized carbons (Fsp3) is 0.444. The Morgan fingerprint density at radius 1 is 1.37 bits per heavy atom. The van der Waals surface area contributed by atoms with Crippen LogP contribution in [0, 0.1) is 11.8 Å². The summed E-state index contributed by atoms with van der Waals surface area (Å²) in [6.45, 7) is 2.16. The van der Waals surface area contributed by atoms with E-state index in [0.717, 1.165) is 31.2 Å². The zero-order valence-electron chi connectivity index (χ0n) is 15.0. The van der Waals surface area contributed by atoms with Crippen LogP contribution in [0.4, 0.5) is 5.95 Å². The predicted molar refractivity (Wildman–Crippen MR) is 96.1 cm³/mol. The fourth-order valence-corrected chi connectivity index (χ4v) is 3.40. The van der Waals surface area contributed by atoms with Gasteiger partial charge in [0.05, 0.1) is 18.2 Å². The van der Waals surface area contributed by atoms with E-state index in [0.29, 0.717) is 16.7 Å². The monoisotopic (exact) mass is 373 g/mol. The maximum atomic E-state index is 12.6. The molecule has 0 radical (unpaired) electrons. The van der Waals surface area contributed by atoms with Crippen molar-refractivity contribution < 1.29 is 19.2 Å². The van der Waals surface area contributed by atoms with Gasteiger partial charge in [-0.1, -0.05) is 19.8 Å². The van der Waals surface area contributed by atoms with Crippen molar-refractivity contribution in [3.05, 3.63) is 30.9 Å². The number of carbonyl (C=O) groups excluding carboxylic acids is 2. The number of amides is 2. The number of aromatic nitrogens is 2. The second-order valence-electron chi connectivity index (χ2n) is 6.84. The van der Waals surface area contributed by atoms with E-state index in [-0.39, 0.29) is 18.3 Å². The lowest BCUT2D eigenvalue weighted by atomic mass is 9.79. The number of rotatable bonds is 7. The minimum Gasteiger partial charge on any atom is -0.472 e. The Bertz CT molecular complexity index is 759. The molecule has 144 valence electrons. The molecule has 9 nitrogen and oxygen atoms in total. The maximum absolute atomic E-state index is 12.6. The van der Waals surface area contributed by atoms with Crippen LogP contribution >= 0.6 is 0 Å². The van der Waals surface area contributed by atoms with E-state index >= 15 is 0 Å². The lowest BCUT2D eigenvalue weighted by Gasteiger charge is -2.34. The summed E-state index contributed by atoms with van der Waals surface area (Å²) >= 11 is 0. The van der Waals surface area contributed by atoms with Gasteiger partial charge in [0.2, 0.25) is 12.4 Å². The second kappa shape index (κ2) is 8.63. The molecule has 2 aromatic heterocycles. The molecule has 0 spiro atoms. The molecule has 1 aliphatic rings. The molecule has 9 heteroatoms. The van der Waals surface area contributed by atoms with E-state index in [2.05, 4.69) is 27.7 Å². The van der Waals surface area contributed by atoms with E-state index in [4.69, 9.17) is 4.42 Å². The molecule has 2 heterocycles. The molecule has 2 aromatic rings. The van der Waals surface area contributed by atoms with Gasteiger partial charge in [0.25, 0.3) is 5.91 Å². The van der Waals surface area contributed by atoms with Gasteiger partial charge in [0, 0.05) is 11.8 Å². The topological polar surface area (TPSA) is 121 Å². The Morgan fingerprint density at radius 2 is 2.15 bits per heavy atom. The Hall–Kier alpha value is -2.94. The Kier molecular flexibility index (Phi) is 6.02. The second-order valence-corrected chi connectivity index (χ2v) is 6.84. The van der Waals surface area contributed by atoms with Crippen molar-refractivity contribution in [1.82, 2.24) is 20.5 Å². The first-order valence-corrected chi connectivity index (χ1v) is 8.92. The molecular weight excluding hydrogens is 350 g/mol. The van der Waals surface area contributed by atoms with Crippen LogP contribution in [-0.4, -0.2) is 38.6 Å². The van der Waals surface area contributed by atoms with Crippen molar-refractivity contribution in [3.8, 4) is 11.3 Å². The number of carbonyl (C=O) groups is 2. The molecule has 1 unspecified atom stereocenters. The van der Waals surface area contributed by atoms with Crippen LogP contribution in [0.3, 0.4) is 0 Å². The number of anilines is 1. The van der Waals surface area contributed by atoms with Gasteiger partial charge in [-0.25, -0.2) is 15.0 Å². The van der Waals surface area contributed by atoms with Crippen molar-refractivity contribution >= 4 is 18.3 Å². The summed E-state index contributed by atoms with van der Waals surface area (Å²) in [5.74, 6) is 0.164. The predicted octanol–water partition coefficient (Wildman–Crippen LogP) is 2.22. The molecule has 3 rings (SSSR count). The maximum Gasteiger partial charge on any atom is 0.264 e. The third-order valence-corrected chi connectivity index (χ3v) is 4.94. The van der Waals surface area contributed by atoms with Crippen LogP contribution in [0.25, 0.3) is 11.3 Å². The van der Waals surface area contributed by atoms with Crippen molar-refractivity contribution in [1.29, 1.82) is 0 Å². The molecule has 27 heavy (non-hydrogen) atoms. The van der Waals surface area contributed by atoms with E-state index in [1.165, 1.54) is 6.26 Å². The fourth-order valence-electron chi connectivity index (χ4n) is 3.40. The van der Waals surface area contributed by atoms with Crippen molar-refractivity contribution in [2.75, 3.05) is 5.43 Å². The molecule has 3 N–H and O–H groups in total. The summed E-state index contributed by atoms with van der Waals surface area (Å²) in [5.41, 5.74) is 6.56. The lowest BCUT2D eigenvalue weighted by Crippen LogP contribution is -2.51. The van der Waals surface area contributed by atoms with Crippen molar-refractivity contribution in [2.24, 2.45) is 11.8 Å². The van der Waals surface area contributed by atoms with Gasteiger partial charge in [-0.05, 0) is 36.8 Å². The van der Waals surface area contributed by atoms with Crippen LogP contribution < -0.4 is 10.9 Å². The first kappa shape index (κ1) is 18.8. The van der Waals surface area contributed by atoms with Crippen LogP contribution in [-0.2, 0) is 9.59 Å². The molecule has 1 atom stereocenters. The normalized spacial score (nSPS) is 20.5. The highest BCUT2D eigenvalue weighted by Gasteiger charge is 2.35. The SMILES string of the molecule is CC1CCC(C(C(=O)NNc2nccc(-c3ccoc3)n2)N(O)C=O)CC1. The number of nitrogens with one attached hydrogen (secondary N) is 2. The van der Waals surface area contributed by atoms with Crippen LogP contribution in [0.1, 0.15) is 32.6 Å². The summed E-state index contributed by atoms with van der Waals surface area (Å²) in [6.07, 6.45) is 8.38. The van der Waals surface area contributed by atoms with Crippen LogP contribution in [0.2, 0.25) is 0 Å². The van der Waals surface area contributed by atoms with Crippen LogP contribution in [0.5, 0.6) is 0 Å². The number of nitrogens with zero attached hydrogens (tertiary/aromatic N) is 3. The molecule has 1 fully saturated rings. The van der Waals surface area contributed by atoms with Crippen molar-refractivity contribution in [3.63, 3.8) is 0 Å². The highest BCUT2D eigenvalue weighted by atomic mass is 16.5. The minimum absolute atomic E-state index is 0.101. The molecule has 0 bridgehead atoms. The van der Waals surface area contributed by atoms with E-state index in [9.17, 15) is 14.8 Å². The summed E-state index contributed by atoms with van der Waals surface area (Å²) in [6, 6.07) is 2.52. The highest BCUT2D eigenvalue weighted by molar-refractivity contribution is 5.84. The molecular formula is C18H23N5O4. The van der Waals surface area contributed by atoms with Crippen LogP contribution in [0.15, 0.2) is 35.3 Å². The number of hydrazine groups is 1. The number of hydrogen-bond acceptors (Lipinski definition) is 7. The number of hydrogen-bond donors (Lipinski definition) is 3. The summed E-state index contributed by atoms with van der Waals surface area (Å²) in [4.78, 5) is 32.0. The molecule has 1 saturated carbocycles. The zero-order valence-corrected chi connectivity index (χ0v) is 15.0. The average molecular weight is 373 g/mol. The smallest absolute Gasteiger partial charge is 0.264 e. The Balaban J connectivity index is 1.65. The molecule has 0 aromatic carbocycles. The van der Waals surface area contributed by atoms with Gasteiger partial charge < -0.3 is 4.42 Å². The molecule has 2 amide bonds. The van der Waals surface area contributed by atoms with Gasteiger partial charge in [-0.15, -0.1) is 0 Å². The molecule has 0 aliphatic heterocycles. The zero-order chi connectivity index (χ0) is 19.2. The summed E-state index contributed by atoms with van der Waals surface area (Å²) in [5, 5.41) is 10.4. The minimum atomic E-state index is -0.959. The summed E-state index contributed by atoms with van der Waals surface area (Å²) < 4.78 is 5.03. The van der Waals surface area contributed by atoms with E-state index in [1.54, 1.807) is 24.6 Å². The Labute approximate surface area is 156 Å². The average Bonchev–Trinajstić information content (AvgIpc) is 3.23. The number of furan rings is 1. The lowest BCUT2D eigenvalue weighted by molar-refractivity contribution is -0.173. The first-order valence-electron chi connectivity index (χ1n) is 8.92. The standard InChI is InChI=1S/C18H23N5O4/c1-12-2-4-13(5-3-12)16(23(26)11-24)17(25)21-22-18-19-8-6-15(20-18)14-7-9-27-10-14/h6-13,16,26H,2-5H2,1H3,(H,21,25)(H,19,20,22). The van der Waals surface area contributed by atoms with E-state index < -0.39 is 11.9 Å². The third kappa shape index (κ3) is 4.62. The summed E-state index contributed by atoms with van der Waals surface area (Å²) in [7, 11) is 0. The number of hydroxylamine groups is 2. The van der Waals surface area contributed by atoms with Gasteiger partial charge in [0.1, 0.15) is 6.04 Å². The van der Waals surface area contributed by atoms with Gasteiger partial charge in [-0.3, -0.25) is 25.6 Å².